The largest absolute Gasteiger partial charge is 0.309 e. The Kier molecular flexibility index (Phi) is 8.46. The van der Waals surface area contributed by atoms with E-state index in [0.29, 0.717) is 5.95 Å². The normalized spacial score (nSPS) is 12.0. The summed E-state index contributed by atoms with van der Waals surface area (Å²) in [6, 6.07) is 85.5. The Morgan fingerprint density at radius 2 is 0.886 bits per heavy atom. The van der Waals surface area contributed by atoms with Crippen LogP contribution in [0.1, 0.15) is 0 Å². The molecule has 0 saturated heterocycles. The number of benzene rings is 10. The second-order valence-electron chi connectivity index (χ2n) is 18.1. The van der Waals surface area contributed by atoms with E-state index in [9.17, 15) is 0 Å². The topological polar surface area (TPSA) is 40.6 Å². The van der Waals surface area contributed by atoms with Gasteiger partial charge in [0, 0.05) is 54.1 Å². The summed E-state index contributed by atoms with van der Waals surface area (Å²) in [6.45, 7) is 0. The third-order valence-corrected chi connectivity index (χ3v) is 15.4. The average Bonchev–Trinajstić information content (AvgIpc) is 4.19. The van der Waals surface area contributed by atoms with Gasteiger partial charge in [0.05, 0.1) is 49.0 Å². The number of thiophene rings is 1. The molecule has 6 heteroatoms. The van der Waals surface area contributed by atoms with E-state index in [1.807, 2.05) is 0 Å². The van der Waals surface area contributed by atoms with E-state index in [4.69, 9.17) is 9.97 Å². The molecule has 326 valence electrons. The van der Waals surface area contributed by atoms with Crippen LogP contribution in [0.5, 0.6) is 0 Å². The molecule has 15 rings (SSSR count). The van der Waals surface area contributed by atoms with Crippen LogP contribution in [0.15, 0.2) is 237 Å². The standard InChI is InChI=1S/C64H39N5S/c1-4-18-41(19-5-1)59-39-52-63(70-59)62(43-33-35-55-50(38-43)48-25-12-14-28-53(48)67(55)44-20-6-2-7-21-44)66-64(65-52)69-56-34-32-42(37-51(56)61-46-24-11-10-17-40(46)31-36-58(61)69)47-27-16-30-57-60(47)49-26-13-15-29-54(49)68(57)45-22-8-3-9-23-45/h1-39H. The van der Waals surface area contributed by atoms with Gasteiger partial charge in [-0.1, -0.05) is 158 Å². The lowest BCUT2D eigenvalue weighted by Crippen LogP contribution is -2.02. The third-order valence-electron chi connectivity index (χ3n) is 14.3. The van der Waals surface area contributed by atoms with E-state index in [0.717, 1.165) is 70.8 Å². The molecule has 0 aliphatic carbocycles. The Morgan fingerprint density at radius 1 is 0.329 bits per heavy atom. The van der Waals surface area contributed by atoms with Gasteiger partial charge in [-0.15, -0.1) is 11.3 Å². The molecule has 5 aromatic heterocycles. The Bertz CT molecular complexity index is 4580. The van der Waals surface area contributed by atoms with E-state index in [2.05, 4.69) is 250 Å². The highest BCUT2D eigenvalue weighted by molar-refractivity contribution is 7.22. The molecule has 0 amide bonds. The SMILES string of the molecule is c1ccc(-c2cc3nc(-n4c5ccc(-c6cccc7c6c6ccccc6n7-c6ccccc6)cc5c5c6ccccc6ccc54)nc(-c4ccc5c(c4)c4ccccc4n5-c4ccccc4)c3s2)cc1. The predicted molar refractivity (Wildman–Crippen MR) is 294 cm³/mol. The predicted octanol–water partition coefficient (Wildman–Crippen LogP) is 17.1. The molecule has 0 radical (unpaired) electrons. The maximum atomic E-state index is 5.69. The molecule has 0 N–H and O–H groups in total. The Morgan fingerprint density at radius 3 is 1.66 bits per heavy atom. The monoisotopic (exact) mass is 909 g/mol. The first-order valence-electron chi connectivity index (χ1n) is 23.7. The van der Waals surface area contributed by atoms with Crippen molar-refractivity contribution in [1.82, 2.24) is 23.7 Å². The van der Waals surface area contributed by atoms with Crippen LogP contribution in [0.2, 0.25) is 0 Å². The molecule has 0 fully saturated rings. The quantitative estimate of drug-likeness (QED) is 0.167. The number of rotatable bonds is 6. The Hall–Kier alpha value is -9.10. The summed E-state index contributed by atoms with van der Waals surface area (Å²) < 4.78 is 8.12. The molecular formula is C64H39N5S. The van der Waals surface area contributed by atoms with Crippen molar-refractivity contribution >= 4 is 97.7 Å². The van der Waals surface area contributed by atoms with Crippen LogP contribution in [-0.4, -0.2) is 23.7 Å². The van der Waals surface area contributed by atoms with Crippen molar-refractivity contribution in [3.05, 3.63) is 237 Å². The minimum Gasteiger partial charge on any atom is -0.309 e. The molecule has 0 saturated carbocycles. The van der Waals surface area contributed by atoms with Crippen LogP contribution in [0.4, 0.5) is 0 Å². The third kappa shape index (κ3) is 5.78. The number of nitrogens with zero attached hydrogens (tertiary/aromatic N) is 5. The van der Waals surface area contributed by atoms with Crippen LogP contribution < -0.4 is 0 Å². The first-order chi connectivity index (χ1) is 34.7. The maximum Gasteiger partial charge on any atom is 0.235 e. The molecule has 15 aromatic rings. The van der Waals surface area contributed by atoms with E-state index < -0.39 is 0 Å². The van der Waals surface area contributed by atoms with Crippen LogP contribution in [0.25, 0.3) is 137 Å². The summed E-state index contributed by atoms with van der Waals surface area (Å²) in [5.41, 5.74) is 15.5. The second-order valence-corrected chi connectivity index (χ2v) is 19.2. The molecule has 0 spiro atoms. The summed E-state index contributed by atoms with van der Waals surface area (Å²) in [7, 11) is 0. The van der Waals surface area contributed by atoms with Crippen molar-refractivity contribution in [2.45, 2.75) is 0 Å². The zero-order valence-corrected chi connectivity index (χ0v) is 38.5. The maximum absolute atomic E-state index is 5.69. The molecule has 0 atom stereocenters. The van der Waals surface area contributed by atoms with Gasteiger partial charge in [0.1, 0.15) is 0 Å². The molecule has 0 bridgehead atoms. The van der Waals surface area contributed by atoms with Gasteiger partial charge >= 0.3 is 0 Å². The fourth-order valence-corrected chi connectivity index (χ4v) is 12.3. The zero-order valence-electron chi connectivity index (χ0n) is 37.7. The van der Waals surface area contributed by atoms with E-state index in [1.165, 1.54) is 59.8 Å². The Labute approximate surface area is 406 Å². The van der Waals surface area contributed by atoms with Gasteiger partial charge in [0.15, 0.2) is 0 Å². The first-order valence-corrected chi connectivity index (χ1v) is 24.6. The molecule has 70 heavy (non-hydrogen) atoms. The molecule has 5 heterocycles. The molecular weight excluding hydrogens is 871 g/mol. The summed E-state index contributed by atoms with van der Waals surface area (Å²) in [5, 5.41) is 9.59. The van der Waals surface area contributed by atoms with Crippen LogP contribution in [0, 0.1) is 0 Å². The highest BCUT2D eigenvalue weighted by atomic mass is 32.1. The molecule has 5 nitrogen and oxygen atoms in total. The first kappa shape index (κ1) is 38.9. The fourth-order valence-electron chi connectivity index (χ4n) is 11.2. The number of fused-ring (bicyclic) bond motifs is 12. The van der Waals surface area contributed by atoms with Gasteiger partial charge in [-0.05, 0) is 106 Å². The number of hydrogen-bond donors (Lipinski definition) is 0. The fraction of sp³-hybridized carbons (Fsp3) is 0. The summed E-state index contributed by atoms with van der Waals surface area (Å²) in [5.74, 6) is 0.641. The van der Waals surface area contributed by atoms with Crippen molar-refractivity contribution in [2.75, 3.05) is 0 Å². The van der Waals surface area contributed by atoms with Gasteiger partial charge in [-0.3, -0.25) is 4.57 Å². The lowest BCUT2D eigenvalue weighted by molar-refractivity contribution is 1.02. The molecule has 0 aliphatic heterocycles. The van der Waals surface area contributed by atoms with Crippen molar-refractivity contribution in [2.24, 2.45) is 0 Å². The minimum absolute atomic E-state index is 0.641. The van der Waals surface area contributed by atoms with Crippen molar-refractivity contribution in [3.8, 4) is 50.1 Å². The van der Waals surface area contributed by atoms with Gasteiger partial charge in [-0.2, -0.15) is 0 Å². The van der Waals surface area contributed by atoms with E-state index >= 15 is 0 Å². The molecule has 10 aromatic carbocycles. The summed E-state index contributed by atoms with van der Waals surface area (Å²) in [6.07, 6.45) is 0. The van der Waals surface area contributed by atoms with Gasteiger partial charge < -0.3 is 9.13 Å². The lowest BCUT2D eigenvalue weighted by atomic mass is 9.97. The van der Waals surface area contributed by atoms with Gasteiger partial charge in [-0.25, -0.2) is 9.97 Å². The lowest BCUT2D eigenvalue weighted by Gasteiger charge is -2.11. The van der Waals surface area contributed by atoms with Crippen LogP contribution in [-0.2, 0) is 0 Å². The minimum atomic E-state index is 0.641. The van der Waals surface area contributed by atoms with E-state index in [1.54, 1.807) is 11.3 Å². The highest BCUT2D eigenvalue weighted by Gasteiger charge is 2.23. The molecule has 0 unspecified atom stereocenters. The smallest absolute Gasteiger partial charge is 0.235 e. The van der Waals surface area contributed by atoms with Crippen molar-refractivity contribution in [1.29, 1.82) is 0 Å². The number of aromatic nitrogens is 5. The average molecular weight is 910 g/mol. The highest BCUT2D eigenvalue weighted by Crippen LogP contribution is 2.45. The van der Waals surface area contributed by atoms with Crippen LogP contribution >= 0.6 is 11.3 Å². The van der Waals surface area contributed by atoms with E-state index in [-0.39, 0.29) is 0 Å². The zero-order chi connectivity index (χ0) is 45.9. The Balaban J connectivity index is 0.994. The van der Waals surface area contributed by atoms with Crippen molar-refractivity contribution < 1.29 is 0 Å². The van der Waals surface area contributed by atoms with Crippen LogP contribution in [0.3, 0.4) is 0 Å². The molecule has 0 aliphatic rings. The van der Waals surface area contributed by atoms with Crippen molar-refractivity contribution in [3.63, 3.8) is 0 Å². The summed E-state index contributed by atoms with van der Waals surface area (Å²) in [4.78, 5) is 12.4. The second kappa shape index (κ2) is 15.2. The number of hydrogen-bond acceptors (Lipinski definition) is 3. The van der Waals surface area contributed by atoms with Gasteiger partial charge in [0.2, 0.25) is 5.95 Å². The van der Waals surface area contributed by atoms with Gasteiger partial charge in [0.25, 0.3) is 0 Å². The summed E-state index contributed by atoms with van der Waals surface area (Å²) >= 11 is 1.76. The number of para-hydroxylation sites is 4.